The molecule has 28 heavy (non-hydrogen) atoms. The van der Waals surface area contributed by atoms with Crippen molar-refractivity contribution in [1.82, 2.24) is 9.88 Å². The molecule has 0 atom stereocenters. The normalized spacial score (nSPS) is 17.9. The summed E-state index contributed by atoms with van der Waals surface area (Å²) in [6.07, 6.45) is 4.54. The molecule has 2 aromatic carbocycles. The Morgan fingerprint density at radius 1 is 1.11 bits per heavy atom. The summed E-state index contributed by atoms with van der Waals surface area (Å²) in [7, 11) is -1.25. The minimum absolute atomic E-state index is 0.362. The molecule has 2 aliphatic heterocycles. The molecule has 3 heterocycles. The summed E-state index contributed by atoms with van der Waals surface area (Å²) in [5.41, 5.74) is 6.08. The van der Waals surface area contributed by atoms with Gasteiger partial charge in [-0.3, -0.25) is 4.98 Å². The van der Waals surface area contributed by atoms with E-state index in [1.54, 1.807) is 25.3 Å². The van der Waals surface area contributed by atoms with Gasteiger partial charge in [-0.05, 0) is 73.5 Å². The van der Waals surface area contributed by atoms with Crippen LogP contribution in [-0.4, -0.2) is 31.9 Å². The van der Waals surface area contributed by atoms with Gasteiger partial charge in [0.25, 0.3) is 0 Å². The lowest BCUT2D eigenvalue weighted by atomic mass is 9.99. The highest BCUT2D eigenvalue weighted by molar-refractivity contribution is 7.95. The van der Waals surface area contributed by atoms with E-state index in [1.807, 2.05) is 12.1 Å². The molecule has 3 aromatic rings. The third kappa shape index (κ3) is 2.72. The van der Waals surface area contributed by atoms with Gasteiger partial charge < -0.3 is 10.2 Å². The van der Waals surface area contributed by atoms with Crippen LogP contribution in [0.1, 0.15) is 23.6 Å². The zero-order valence-corrected chi connectivity index (χ0v) is 16.7. The smallest absolute Gasteiger partial charge is 0.203 e. The summed E-state index contributed by atoms with van der Waals surface area (Å²) in [5.74, 6) is 0. The Hall–Kier alpha value is -2.70. The molecular formula is C22H21N3O2S. The van der Waals surface area contributed by atoms with Crippen LogP contribution >= 0.6 is 0 Å². The average Bonchev–Trinajstić information content (AvgIpc) is 2.88. The minimum atomic E-state index is -3.38. The van der Waals surface area contributed by atoms with Crippen LogP contribution in [-0.2, 0) is 22.8 Å². The van der Waals surface area contributed by atoms with E-state index in [0.29, 0.717) is 15.4 Å². The molecule has 0 unspecified atom stereocenters. The van der Waals surface area contributed by atoms with Crippen LogP contribution < -0.4 is 5.32 Å². The Morgan fingerprint density at radius 2 is 1.96 bits per heavy atom. The van der Waals surface area contributed by atoms with Crippen LogP contribution in [0.15, 0.2) is 52.4 Å². The average molecular weight is 391 g/mol. The number of hydrogen-bond acceptors (Lipinski definition) is 5. The van der Waals surface area contributed by atoms with Crippen molar-refractivity contribution < 1.29 is 8.42 Å². The molecule has 1 N–H and O–H groups in total. The predicted octanol–water partition coefficient (Wildman–Crippen LogP) is 4.11. The van der Waals surface area contributed by atoms with Crippen LogP contribution in [0.4, 0.5) is 11.4 Å². The summed E-state index contributed by atoms with van der Waals surface area (Å²) in [4.78, 5) is 7.50. The number of hydrogen-bond donors (Lipinski definition) is 1. The maximum Gasteiger partial charge on any atom is 0.203 e. The molecule has 142 valence electrons. The number of sulfone groups is 1. The molecule has 0 fully saturated rings. The van der Waals surface area contributed by atoms with Crippen LogP contribution in [0.3, 0.4) is 0 Å². The predicted molar refractivity (Wildman–Crippen MR) is 112 cm³/mol. The van der Waals surface area contributed by atoms with Crippen molar-refractivity contribution in [3.63, 3.8) is 0 Å². The number of nitrogens with one attached hydrogen (secondary N) is 1. The van der Waals surface area contributed by atoms with E-state index >= 15 is 0 Å². The van der Waals surface area contributed by atoms with Gasteiger partial charge in [0.15, 0.2) is 0 Å². The summed E-state index contributed by atoms with van der Waals surface area (Å²) < 4.78 is 25.1. The maximum absolute atomic E-state index is 12.6. The van der Waals surface area contributed by atoms with Crippen LogP contribution in [0.25, 0.3) is 17.0 Å². The Balaban J connectivity index is 1.58. The molecule has 0 radical (unpaired) electrons. The van der Waals surface area contributed by atoms with Crippen LogP contribution in [0.2, 0.25) is 0 Å². The standard InChI is InChI=1S/C22H21N3O2S/c1-14-9-16-11-21-19(12-22(16)28(14,26)27)20(5-7-23-21)24-18-4-3-15-6-8-25(2)13-17(15)10-18/h3-5,7,9-12H,6,8,13H2,1-2H3,(H,23,24). The van der Waals surface area contributed by atoms with Crippen LogP contribution in [0, 0.1) is 0 Å². The number of nitrogens with zero attached hydrogens (tertiary/aromatic N) is 2. The molecular weight excluding hydrogens is 370 g/mol. The van der Waals surface area contributed by atoms with Gasteiger partial charge in [0.05, 0.1) is 10.4 Å². The van der Waals surface area contributed by atoms with Crippen molar-refractivity contribution in [2.75, 3.05) is 18.9 Å². The van der Waals surface area contributed by atoms with E-state index in [4.69, 9.17) is 0 Å². The van der Waals surface area contributed by atoms with E-state index in [-0.39, 0.29) is 0 Å². The fourth-order valence-electron chi connectivity index (χ4n) is 4.04. The van der Waals surface area contributed by atoms with E-state index < -0.39 is 9.84 Å². The van der Waals surface area contributed by atoms with E-state index in [2.05, 4.69) is 40.4 Å². The third-order valence-corrected chi connectivity index (χ3v) is 7.53. The molecule has 0 saturated carbocycles. The fourth-order valence-corrected chi connectivity index (χ4v) is 5.38. The second kappa shape index (κ2) is 6.15. The lowest BCUT2D eigenvalue weighted by Gasteiger charge is -2.25. The second-order valence-corrected chi connectivity index (χ2v) is 9.71. The Morgan fingerprint density at radius 3 is 2.82 bits per heavy atom. The van der Waals surface area contributed by atoms with E-state index in [1.165, 1.54) is 11.1 Å². The first-order chi connectivity index (χ1) is 13.4. The molecule has 6 heteroatoms. The highest BCUT2D eigenvalue weighted by atomic mass is 32.2. The molecule has 1 aromatic heterocycles. The third-order valence-electron chi connectivity index (χ3n) is 5.63. The zero-order chi connectivity index (χ0) is 19.5. The monoisotopic (exact) mass is 391 g/mol. The topological polar surface area (TPSA) is 62.3 Å². The van der Waals surface area contributed by atoms with Gasteiger partial charge >= 0.3 is 0 Å². The Labute approximate surface area is 164 Å². The van der Waals surface area contributed by atoms with E-state index in [0.717, 1.165) is 41.8 Å². The highest BCUT2D eigenvalue weighted by Gasteiger charge is 2.27. The van der Waals surface area contributed by atoms with Crippen molar-refractivity contribution in [3.05, 3.63) is 64.2 Å². The minimum Gasteiger partial charge on any atom is -0.355 e. The first-order valence-corrected chi connectivity index (χ1v) is 10.8. The maximum atomic E-state index is 12.6. The summed E-state index contributed by atoms with van der Waals surface area (Å²) >= 11 is 0. The van der Waals surface area contributed by atoms with E-state index in [9.17, 15) is 8.42 Å². The fraction of sp³-hybridized carbons (Fsp3) is 0.227. The zero-order valence-electron chi connectivity index (χ0n) is 15.9. The number of likely N-dealkylation sites (N-methyl/N-ethyl adjacent to an activating group) is 1. The van der Waals surface area contributed by atoms with Crippen molar-refractivity contribution in [2.24, 2.45) is 0 Å². The molecule has 0 aliphatic carbocycles. The molecule has 2 aliphatic rings. The number of aromatic nitrogens is 1. The molecule has 0 bridgehead atoms. The lowest BCUT2D eigenvalue weighted by molar-refractivity contribution is 0.313. The first kappa shape index (κ1) is 17.4. The number of benzene rings is 2. The van der Waals surface area contributed by atoms with Gasteiger partial charge in [0.2, 0.25) is 9.84 Å². The first-order valence-electron chi connectivity index (χ1n) is 9.35. The van der Waals surface area contributed by atoms with Crippen molar-refractivity contribution in [3.8, 4) is 0 Å². The number of rotatable bonds is 2. The van der Waals surface area contributed by atoms with Crippen molar-refractivity contribution in [1.29, 1.82) is 0 Å². The highest BCUT2D eigenvalue weighted by Crippen LogP contribution is 2.37. The Kier molecular flexibility index (Phi) is 3.82. The Bertz CT molecular complexity index is 1260. The van der Waals surface area contributed by atoms with Crippen LogP contribution in [0.5, 0.6) is 0 Å². The molecule has 0 saturated heterocycles. The summed E-state index contributed by atoms with van der Waals surface area (Å²) in [6.45, 7) is 3.66. The van der Waals surface area contributed by atoms with Gasteiger partial charge in [-0.25, -0.2) is 8.42 Å². The van der Waals surface area contributed by atoms with Gasteiger partial charge in [0, 0.05) is 41.0 Å². The van der Waals surface area contributed by atoms with Gasteiger partial charge in [-0.15, -0.1) is 0 Å². The lowest BCUT2D eigenvalue weighted by Crippen LogP contribution is -2.26. The van der Waals surface area contributed by atoms with Crippen molar-refractivity contribution in [2.45, 2.75) is 24.8 Å². The largest absolute Gasteiger partial charge is 0.355 e. The molecule has 0 amide bonds. The van der Waals surface area contributed by atoms with Gasteiger partial charge in [-0.1, -0.05) is 6.07 Å². The number of allylic oxidation sites excluding steroid dienone is 1. The number of pyridine rings is 1. The molecule has 5 nitrogen and oxygen atoms in total. The van der Waals surface area contributed by atoms with Gasteiger partial charge in [-0.2, -0.15) is 0 Å². The number of anilines is 2. The second-order valence-electron chi connectivity index (χ2n) is 7.62. The SMILES string of the molecule is CC1=Cc2cc3nccc(Nc4ccc5c(c4)CN(C)CC5)c3cc2S1(=O)=O. The summed E-state index contributed by atoms with van der Waals surface area (Å²) in [5, 5.41) is 4.28. The van der Waals surface area contributed by atoms with Gasteiger partial charge in [0.1, 0.15) is 0 Å². The number of fused-ring (bicyclic) bond motifs is 3. The quantitative estimate of drug-likeness (QED) is 0.712. The summed E-state index contributed by atoms with van der Waals surface area (Å²) in [6, 6.07) is 11.9. The van der Waals surface area contributed by atoms with Crippen molar-refractivity contribution >= 4 is 38.2 Å². The molecule has 0 spiro atoms. The molecule has 5 rings (SSSR count).